The van der Waals surface area contributed by atoms with Crippen LogP contribution in [0.5, 0.6) is 0 Å². The summed E-state index contributed by atoms with van der Waals surface area (Å²) in [6.45, 7) is 6.97. The molecular formula is C48H99As. The van der Waals surface area contributed by atoms with Gasteiger partial charge < -0.3 is 0 Å². The molecule has 0 saturated carbocycles. The van der Waals surface area contributed by atoms with Crippen LogP contribution in [0.15, 0.2) is 0 Å². The molecule has 0 aromatic heterocycles. The smallest absolute Gasteiger partial charge is 0.0654 e. The van der Waals surface area contributed by atoms with E-state index in [1.54, 1.807) is 54.2 Å². The summed E-state index contributed by atoms with van der Waals surface area (Å²) in [7, 11) is 0. The van der Waals surface area contributed by atoms with Crippen molar-refractivity contribution in [1.82, 2.24) is 0 Å². The summed E-state index contributed by atoms with van der Waals surface area (Å²) in [5.41, 5.74) is 0. The third-order valence-electron chi connectivity index (χ3n) is 11.5. The Morgan fingerprint density at radius 3 is 0.429 bits per heavy atom. The molecule has 0 aromatic rings. The monoisotopic (exact) mass is 751 g/mol. The summed E-state index contributed by atoms with van der Waals surface area (Å²) in [4.78, 5) is 0. The summed E-state index contributed by atoms with van der Waals surface area (Å²) < 4.78 is 0. The van der Waals surface area contributed by atoms with Gasteiger partial charge in [-0.15, -0.1) is 0 Å². The molecule has 0 aliphatic heterocycles. The van der Waals surface area contributed by atoms with Crippen molar-refractivity contribution in [2.24, 2.45) is 0 Å². The van der Waals surface area contributed by atoms with Crippen LogP contribution in [0.4, 0.5) is 0 Å². The first-order chi connectivity index (χ1) is 24.3. The zero-order chi connectivity index (χ0) is 35.4. The average molecular weight is 751 g/mol. The van der Waals surface area contributed by atoms with Gasteiger partial charge in [-0.3, -0.25) is 0 Å². The van der Waals surface area contributed by atoms with E-state index >= 15 is 0 Å². The van der Waals surface area contributed by atoms with Gasteiger partial charge in [-0.25, -0.2) is 0 Å². The summed E-state index contributed by atoms with van der Waals surface area (Å²) in [6, 6.07) is 0. The van der Waals surface area contributed by atoms with Gasteiger partial charge in [0.15, 0.2) is 0 Å². The van der Waals surface area contributed by atoms with E-state index < -0.39 is 14.7 Å². The van der Waals surface area contributed by atoms with Gasteiger partial charge in [-0.2, -0.15) is 0 Å². The van der Waals surface area contributed by atoms with Crippen LogP contribution in [0.25, 0.3) is 0 Å². The molecule has 0 fully saturated rings. The Balaban J connectivity index is 3.93. The van der Waals surface area contributed by atoms with Gasteiger partial charge in [0.1, 0.15) is 0 Å². The Kier molecular flexibility index (Phi) is 47.1. The quantitative estimate of drug-likeness (QED) is 0.0429. The molecule has 0 aliphatic carbocycles. The van der Waals surface area contributed by atoms with Crippen molar-refractivity contribution in [1.29, 1.82) is 0 Å². The van der Waals surface area contributed by atoms with Gasteiger partial charge in [0.2, 0.25) is 0 Å². The molecule has 0 unspecified atom stereocenters. The van der Waals surface area contributed by atoms with Crippen molar-refractivity contribution in [3.05, 3.63) is 0 Å². The van der Waals surface area contributed by atoms with Crippen molar-refractivity contribution < 1.29 is 0 Å². The Labute approximate surface area is 319 Å². The number of hydrogen-bond acceptors (Lipinski definition) is 0. The zero-order valence-corrected chi connectivity index (χ0v) is 37.1. The SMILES string of the molecule is CCCCCCCCCCCCCCCC[As](CCCCCCCCCCCCCCCC)CCCCCCCCCCCCCCCC. The van der Waals surface area contributed by atoms with E-state index in [-0.39, 0.29) is 0 Å². The van der Waals surface area contributed by atoms with Gasteiger partial charge in [0.25, 0.3) is 0 Å². The second kappa shape index (κ2) is 46.6. The topological polar surface area (TPSA) is 0 Å². The van der Waals surface area contributed by atoms with Crippen LogP contribution >= 0.6 is 0 Å². The van der Waals surface area contributed by atoms with E-state index in [2.05, 4.69) is 20.8 Å². The standard InChI is InChI=1S/C48H99As/c1-4-7-10-13-16-19-22-25-28-31-34-37-40-43-46-49(47-44-41-38-35-32-29-26-23-20-17-14-11-8-5-2)48-45-42-39-36-33-30-27-24-21-18-15-12-9-6-3/h4-48H2,1-3H3. The molecule has 0 radical (unpaired) electrons. The van der Waals surface area contributed by atoms with Gasteiger partial charge in [0, 0.05) is 0 Å². The predicted octanol–water partition coefficient (Wildman–Crippen LogP) is 18.9. The van der Waals surface area contributed by atoms with Gasteiger partial charge in [-0.05, 0) is 0 Å². The van der Waals surface area contributed by atoms with Crippen molar-refractivity contribution in [3.63, 3.8) is 0 Å². The molecule has 0 N–H and O–H groups in total. The molecule has 0 atom stereocenters. The zero-order valence-electron chi connectivity index (χ0n) is 35.3. The van der Waals surface area contributed by atoms with Gasteiger partial charge in [0.05, 0.1) is 0 Å². The fourth-order valence-corrected chi connectivity index (χ4v) is 13.6. The minimum atomic E-state index is -0.578. The minimum absolute atomic E-state index is 0.578. The molecule has 0 saturated heterocycles. The molecule has 0 amide bonds. The Morgan fingerprint density at radius 1 is 0.163 bits per heavy atom. The molecule has 296 valence electrons. The average Bonchev–Trinajstić information content (AvgIpc) is 3.11. The first-order valence-corrected chi connectivity index (χ1v) is 28.1. The molecule has 0 aromatic carbocycles. The van der Waals surface area contributed by atoms with E-state index in [4.69, 9.17) is 0 Å². The second-order valence-corrected chi connectivity index (χ2v) is 22.3. The summed E-state index contributed by atoms with van der Waals surface area (Å²) in [5, 5.41) is 5.05. The molecule has 0 rings (SSSR count). The molecule has 0 bridgehead atoms. The normalized spacial score (nSPS) is 11.8. The number of hydrogen-bond donors (Lipinski definition) is 0. The Hall–Kier alpha value is 0.558. The maximum atomic E-state index is 2.32. The van der Waals surface area contributed by atoms with Gasteiger partial charge in [-0.1, -0.05) is 78.6 Å². The summed E-state index contributed by atoms with van der Waals surface area (Å²) >= 11 is -0.578. The Morgan fingerprint density at radius 2 is 0.286 bits per heavy atom. The predicted molar refractivity (Wildman–Crippen MR) is 231 cm³/mol. The minimum Gasteiger partial charge on any atom is -0.0654 e. The van der Waals surface area contributed by atoms with Crippen LogP contribution in [0.1, 0.15) is 290 Å². The van der Waals surface area contributed by atoms with Crippen LogP contribution < -0.4 is 0 Å². The van der Waals surface area contributed by atoms with E-state index in [1.807, 2.05) is 0 Å². The van der Waals surface area contributed by atoms with Gasteiger partial charge >= 0.3 is 242 Å². The molecule has 49 heavy (non-hydrogen) atoms. The van der Waals surface area contributed by atoms with Crippen molar-refractivity contribution in [3.8, 4) is 0 Å². The maximum absolute atomic E-state index is 2.32. The second-order valence-electron chi connectivity index (χ2n) is 16.6. The molecule has 0 spiro atoms. The number of unbranched alkanes of at least 4 members (excludes halogenated alkanes) is 39. The van der Waals surface area contributed by atoms with E-state index in [1.165, 1.54) is 231 Å². The molecule has 0 aliphatic rings. The molecule has 0 nitrogen and oxygen atoms in total. The third kappa shape index (κ3) is 44.6. The van der Waals surface area contributed by atoms with Crippen LogP contribution in [0.3, 0.4) is 0 Å². The van der Waals surface area contributed by atoms with Crippen LogP contribution in [0.2, 0.25) is 15.6 Å². The number of rotatable bonds is 45. The van der Waals surface area contributed by atoms with Crippen molar-refractivity contribution in [2.45, 2.75) is 306 Å². The molecule has 1 heteroatoms. The summed E-state index contributed by atoms with van der Waals surface area (Å²) in [5.74, 6) is 0. The fraction of sp³-hybridized carbons (Fsp3) is 1.00. The van der Waals surface area contributed by atoms with Crippen LogP contribution in [-0.4, -0.2) is 14.7 Å². The van der Waals surface area contributed by atoms with Crippen LogP contribution in [-0.2, 0) is 0 Å². The van der Waals surface area contributed by atoms with Crippen molar-refractivity contribution >= 4 is 14.7 Å². The third-order valence-corrected chi connectivity index (χ3v) is 17.5. The fourth-order valence-electron chi connectivity index (χ4n) is 7.93. The molecular weight excluding hydrogens is 651 g/mol. The first kappa shape index (κ1) is 49.6. The van der Waals surface area contributed by atoms with E-state index in [9.17, 15) is 0 Å². The van der Waals surface area contributed by atoms with E-state index in [0.717, 1.165) is 0 Å². The first-order valence-electron chi connectivity index (χ1n) is 24.1. The summed E-state index contributed by atoms with van der Waals surface area (Å²) in [6.07, 6.45) is 62.8. The Bertz CT molecular complexity index is 467. The molecule has 0 heterocycles. The van der Waals surface area contributed by atoms with Crippen LogP contribution in [0, 0.1) is 0 Å². The van der Waals surface area contributed by atoms with Crippen molar-refractivity contribution in [2.75, 3.05) is 0 Å². The van der Waals surface area contributed by atoms with E-state index in [0.29, 0.717) is 0 Å².